The number of hydrogen-bond acceptors (Lipinski definition) is 5. The van der Waals surface area contributed by atoms with Crippen LogP contribution in [0.15, 0.2) is 30.3 Å². The average molecular weight is 360 g/mol. The van der Waals surface area contributed by atoms with Crippen molar-refractivity contribution in [2.45, 2.75) is 38.9 Å². The van der Waals surface area contributed by atoms with E-state index in [9.17, 15) is 19.4 Å². The van der Waals surface area contributed by atoms with Crippen LogP contribution in [-0.4, -0.2) is 43.5 Å². The van der Waals surface area contributed by atoms with Crippen LogP contribution in [0.4, 0.5) is 4.39 Å². The number of carboxylic acids is 1. The van der Waals surface area contributed by atoms with E-state index in [4.69, 9.17) is 5.11 Å². The highest BCUT2D eigenvalue weighted by molar-refractivity contribution is 5.73. The van der Waals surface area contributed by atoms with Crippen molar-refractivity contribution in [2.75, 3.05) is 0 Å². The summed E-state index contributed by atoms with van der Waals surface area (Å²) in [5, 5.41) is 28.3. The fourth-order valence-electron chi connectivity index (χ4n) is 2.60. The highest BCUT2D eigenvalue weighted by Crippen LogP contribution is 2.25. The van der Waals surface area contributed by atoms with Crippen LogP contribution in [0.3, 0.4) is 0 Å². The van der Waals surface area contributed by atoms with Gasteiger partial charge in [0.05, 0.1) is 24.3 Å². The third-order valence-electron chi connectivity index (χ3n) is 3.77. The molecule has 0 bridgehead atoms. The van der Waals surface area contributed by atoms with Crippen LogP contribution in [0.2, 0.25) is 0 Å². The number of halogens is 1. The molecule has 0 aliphatic carbocycles. The zero-order chi connectivity index (χ0) is 19.3. The number of aliphatic hydroxyl groups is 2. The number of aromatic nitrogens is 2. The molecule has 6 nitrogen and oxygen atoms in total. The van der Waals surface area contributed by atoms with E-state index >= 15 is 0 Å². The predicted octanol–water partition coefficient (Wildman–Crippen LogP) is 2.50. The molecule has 0 saturated heterocycles. The van der Waals surface area contributed by atoms with E-state index in [0.29, 0.717) is 28.3 Å². The Labute approximate surface area is 150 Å². The second-order valence-corrected chi connectivity index (χ2v) is 6.04. The van der Waals surface area contributed by atoms with Crippen LogP contribution < -0.4 is 0 Å². The normalized spacial score (nSPS) is 13.7. The molecule has 1 heterocycles. The van der Waals surface area contributed by atoms with Crippen LogP contribution in [-0.2, 0) is 4.79 Å². The molecule has 1 unspecified atom stereocenters. The number of hydrogen-bond donors (Lipinski definition) is 3. The molecular formula is C19H21FN2O4. The lowest BCUT2D eigenvalue weighted by Crippen LogP contribution is -2.19. The Kier molecular flexibility index (Phi) is 6.54. The van der Waals surface area contributed by atoms with Gasteiger partial charge in [0, 0.05) is 23.2 Å². The first-order chi connectivity index (χ1) is 12.3. The van der Waals surface area contributed by atoms with Gasteiger partial charge in [0.25, 0.3) is 0 Å². The smallest absolute Gasteiger partial charge is 0.305 e. The van der Waals surface area contributed by atoms with Crippen LogP contribution >= 0.6 is 0 Å². The quantitative estimate of drug-likeness (QED) is 0.701. The van der Waals surface area contributed by atoms with Crippen molar-refractivity contribution in [2.24, 2.45) is 0 Å². The monoisotopic (exact) mass is 360 g/mol. The first-order valence-corrected chi connectivity index (χ1v) is 8.13. The molecule has 2 rings (SSSR count). The first kappa shape index (κ1) is 19.7. The first-order valence-electron chi connectivity index (χ1n) is 8.13. The van der Waals surface area contributed by atoms with Crippen molar-refractivity contribution in [3.05, 3.63) is 53.2 Å². The van der Waals surface area contributed by atoms with Crippen LogP contribution in [0.1, 0.15) is 29.9 Å². The lowest BCUT2D eigenvalue weighted by Gasteiger charge is -2.12. The summed E-state index contributed by atoms with van der Waals surface area (Å²) in [4.78, 5) is 19.3. The minimum Gasteiger partial charge on any atom is -0.481 e. The standard InChI is InChI=1S/C19H21FN2O4/c1-11-17(8-7-15(23)9-16(24)10-18(25)26)19(22-12(2)21-11)13-3-5-14(20)6-4-13/h3-8,15-16,23-24H,9-10H2,1-2H3,(H,25,26)/t15-,16?/m1/s1. The van der Waals surface area contributed by atoms with Crippen LogP contribution in [0.5, 0.6) is 0 Å². The molecule has 0 saturated carbocycles. The van der Waals surface area contributed by atoms with Gasteiger partial charge in [-0.3, -0.25) is 4.79 Å². The van der Waals surface area contributed by atoms with Gasteiger partial charge in [0.1, 0.15) is 11.6 Å². The summed E-state index contributed by atoms with van der Waals surface area (Å²) in [6.07, 6.45) is 0.397. The van der Waals surface area contributed by atoms with E-state index in [2.05, 4.69) is 9.97 Å². The number of rotatable bonds is 7. The summed E-state index contributed by atoms with van der Waals surface area (Å²) in [5.41, 5.74) is 2.66. The molecule has 2 atom stereocenters. The van der Waals surface area contributed by atoms with Crippen molar-refractivity contribution in [3.8, 4) is 11.3 Å². The molecular weight excluding hydrogens is 339 g/mol. The lowest BCUT2D eigenvalue weighted by molar-refractivity contribution is -0.139. The lowest BCUT2D eigenvalue weighted by atomic mass is 10.0. The molecule has 0 radical (unpaired) electrons. The Morgan fingerprint density at radius 1 is 1.19 bits per heavy atom. The molecule has 0 amide bonds. The Morgan fingerprint density at radius 3 is 2.46 bits per heavy atom. The molecule has 7 heteroatoms. The molecule has 0 aliphatic rings. The number of carboxylic acid groups (broad SMARTS) is 1. The Hall–Kier alpha value is -2.64. The Balaban J connectivity index is 2.28. The maximum absolute atomic E-state index is 13.2. The number of benzene rings is 1. The van der Waals surface area contributed by atoms with Gasteiger partial charge >= 0.3 is 5.97 Å². The molecule has 0 spiro atoms. The number of aliphatic hydroxyl groups excluding tert-OH is 2. The number of aryl methyl sites for hydroxylation is 2. The number of carbonyl (C=O) groups is 1. The fourth-order valence-corrected chi connectivity index (χ4v) is 2.60. The molecule has 138 valence electrons. The summed E-state index contributed by atoms with van der Waals surface area (Å²) in [7, 11) is 0. The summed E-state index contributed by atoms with van der Waals surface area (Å²) in [5.74, 6) is -0.914. The number of aliphatic carboxylic acids is 1. The third kappa shape index (κ3) is 5.44. The average Bonchev–Trinajstić information content (AvgIpc) is 2.53. The van der Waals surface area contributed by atoms with Gasteiger partial charge in [-0.2, -0.15) is 0 Å². The van der Waals surface area contributed by atoms with Gasteiger partial charge in [-0.05, 0) is 38.1 Å². The molecule has 3 N–H and O–H groups in total. The second-order valence-electron chi connectivity index (χ2n) is 6.04. The van der Waals surface area contributed by atoms with Crippen LogP contribution in [0, 0.1) is 19.7 Å². The minimum atomic E-state index is -1.14. The van der Waals surface area contributed by atoms with Crippen molar-refractivity contribution in [3.63, 3.8) is 0 Å². The van der Waals surface area contributed by atoms with Gasteiger partial charge in [0.15, 0.2) is 0 Å². The molecule has 1 aromatic heterocycles. The van der Waals surface area contributed by atoms with Crippen LogP contribution in [0.25, 0.3) is 17.3 Å². The third-order valence-corrected chi connectivity index (χ3v) is 3.77. The van der Waals surface area contributed by atoms with Gasteiger partial charge in [0.2, 0.25) is 0 Å². The fraction of sp³-hybridized carbons (Fsp3) is 0.316. The summed E-state index contributed by atoms with van der Waals surface area (Å²) >= 11 is 0. The molecule has 0 aliphatic heterocycles. The van der Waals surface area contributed by atoms with Crippen molar-refractivity contribution in [1.82, 2.24) is 9.97 Å². The highest BCUT2D eigenvalue weighted by Gasteiger charge is 2.14. The highest BCUT2D eigenvalue weighted by atomic mass is 19.1. The molecule has 26 heavy (non-hydrogen) atoms. The zero-order valence-electron chi connectivity index (χ0n) is 14.6. The van der Waals surface area contributed by atoms with Gasteiger partial charge < -0.3 is 15.3 Å². The summed E-state index contributed by atoms with van der Waals surface area (Å²) in [6, 6.07) is 5.90. The SMILES string of the molecule is Cc1nc(C)c(C=C[C@@H](O)CC(O)CC(=O)O)c(-c2ccc(F)cc2)n1. The molecule has 1 aromatic carbocycles. The van der Waals surface area contributed by atoms with Gasteiger partial charge in [-0.25, -0.2) is 14.4 Å². The zero-order valence-corrected chi connectivity index (χ0v) is 14.6. The van der Waals surface area contributed by atoms with E-state index < -0.39 is 24.6 Å². The van der Waals surface area contributed by atoms with E-state index in [1.54, 1.807) is 32.1 Å². The van der Waals surface area contributed by atoms with Crippen molar-refractivity contribution >= 4 is 12.0 Å². The Bertz CT molecular complexity index is 806. The van der Waals surface area contributed by atoms with E-state index in [-0.39, 0.29) is 12.2 Å². The van der Waals surface area contributed by atoms with E-state index in [0.717, 1.165) is 0 Å². The maximum atomic E-state index is 13.2. The summed E-state index contributed by atoms with van der Waals surface area (Å²) in [6.45, 7) is 3.55. The molecule has 2 aromatic rings. The predicted molar refractivity (Wildman–Crippen MR) is 94.8 cm³/mol. The van der Waals surface area contributed by atoms with Crippen molar-refractivity contribution < 1.29 is 24.5 Å². The maximum Gasteiger partial charge on any atom is 0.305 e. The van der Waals surface area contributed by atoms with E-state index in [1.807, 2.05) is 0 Å². The number of nitrogens with zero attached hydrogens (tertiary/aromatic N) is 2. The van der Waals surface area contributed by atoms with E-state index in [1.165, 1.54) is 18.2 Å². The topological polar surface area (TPSA) is 104 Å². The Morgan fingerprint density at radius 2 is 1.85 bits per heavy atom. The minimum absolute atomic E-state index is 0.0968. The summed E-state index contributed by atoms with van der Waals surface area (Å²) < 4.78 is 13.2. The van der Waals surface area contributed by atoms with Gasteiger partial charge in [-0.1, -0.05) is 12.2 Å². The second kappa shape index (κ2) is 8.64. The van der Waals surface area contributed by atoms with Gasteiger partial charge in [-0.15, -0.1) is 0 Å². The molecule has 0 fully saturated rings. The van der Waals surface area contributed by atoms with Crippen molar-refractivity contribution in [1.29, 1.82) is 0 Å². The largest absolute Gasteiger partial charge is 0.481 e.